The van der Waals surface area contributed by atoms with Crippen LogP contribution in [-0.2, 0) is 0 Å². The van der Waals surface area contributed by atoms with E-state index in [9.17, 15) is 0 Å². The van der Waals surface area contributed by atoms with Crippen molar-refractivity contribution in [2.24, 2.45) is 0 Å². The van der Waals surface area contributed by atoms with Crippen LogP contribution in [0, 0.1) is 0 Å². The summed E-state index contributed by atoms with van der Waals surface area (Å²) in [5.74, 6) is 0. The van der Waals surface area contributed by atoms with Gasteiger partial charge < -0.3 is 31.4 Å². The maximum Gasteiger partial charge on any atom is 0.135 e. The topological polar surface area (TPSA) is 67.3 Å². The normalized spacial score (nSPS) is 12.5. The van der Waals surface area contributed by atoms with Gasteiger partial charge in [-0.15, -0.1) is 0 Å². The van der Waals surface area contributed by atoms with Crippen LogP contribution in [0.2, 0.25) is 0 Å². The van der Waals surface area contributed by atoms with Crippen molar-refractivity contribution < 1.29 is 17.7 Å². The molecule has 0 unspecified atom stereocenters. The Morgan fingerprint density at radius 2 is 0.506 bits per heavy atom. The Labute approximate surface area is 482 Å². The van der Waals surface area contributed by atoms with Crippen LogP contribution in [0.5, 0.6) is 0 Å². The van der Waals surface area contributed by atoms with Crippen LogP contribution in [-0.4, -0.2) is 13.7 Å². The summed E-state index contributed by atoms with van der Waals surface area (Å²) in [4.78, 5) is 0. The minimum absolute atomic E-state index is 0.863. The van der Waals surface area contributed by atoms with Crippen molar-refractivity contribution in [1.82, 2.24) is 13.7 Å². The van der Waals surface area contributed by atoms with Gasteiger partial charge in [-0.3, -0.25) is 0 Å². The molecule has 0 radical (unpaired) electrons. The van der Waals surface area contributed by atoms with E-state index in [1.165, 1.54) is 10.8 Å². The van der Waals surface area contributed by atoms with E-state index in [4.69, 9.17) is 17.7 Å². The first-order valence-electron chi connectivity index (χ1n) is 28.9. The number of para-hydroxylation sites is 5. The highest BCUT2D eigenvalue weighted by molar-refractivity contribution is 6.32. The molecule has 7 heterocycles. The molecule has 0 N–H and O–H groups in total. The number of benzene rings is 13. The van der Waals surface area contributed by atoms with Crippen molar-refractivity contribution in [3.63, 3.8) is 0 Å². The van der Waals surface area contributed by atoms with E-state index in [2.05, 4.69) is 238 Å². The van der Waals surface area contributed by atoms with Gasteiger partial charge in [0.05, 0.1) is 33.1 Å². The third kappa shape index (κ3) is 6.22. The standard InChI is InChI=1S/C78H43N3O4/c1-2-12-48(13-3-1)81-77-55(28-32-65-75(77)61-40-44(46-24-34-71-57(38-46)51-14-4-8-18-67(51)82-71)22-30-63(61)79(65)49-26-36-73-59(42-49)53-16-6-10-20-69(53)84-73)56-29-33-66-76(78(56)81)62-41-45(47-25-35-72-58(39-47)52-15-5-9-19-68(52)83-72)23-31-64(62)80(66)50-27-37-74-60(43-50)54-17-7-11-21-70(54)85-74/h1-43H. The van der Waals surface area contributed by atoms with Crippen LogP contribution in [0.1, 0.15) is 0 Å². The van der Waals surface area contributed by atoms with Gasteiger partial charge in [0, 0.05) is 92.5 Å². The van der Waals surface area contributed by atoms with E-state index in [1.807, 2.05) is 36.4 Å². The lowest BCUT2D eigenvalue weighted by Crippen LogP contribution is -1.96. The number of nitrogens with zero attached hydrogens (tertiary/aromatic N) is 3. The quantitative estimate of drug-likeness (QED) is 0.172. The van der Waals surface area contributed by atoms with Crippen molar-refractivity contribution >= 4 is 153 Å². The summed E-state index contributed by atoms with van der Waals surface area (Å²) in [5.41, 5.74) is 21.4. The summed E-state index contributed by atoms with van der Waals surface area (Å²) >= 11 is 0. The summed E-state index contributed by atoms with van der Waals surface area (Å²) in [5, 5.41) is 15.7. The van der Waals surface area contributed by atoms with E-state index in [0.29, 0.717) is 0 Å². The van der Waals surface area contributed by atoms with Crippen LogP contribution in [0.3, 0.4) is 0 Å². The van der Waals surface area contributed by atoms with Crippen LogP contribution >= 0.6 is 0 Å². The third-order valence-electron chi connectivity index (χ3n) is 18.2. The van der Waals surface area contributed by atoms with Crippen molar-refractivity contribution in [2.45, 2.75) is 0 Å². The van der Waals surface area contributed by atoms with Gasteiger partial charge in [0.25, 0.3) is 0 Å². The molecule has 20 rings (SSSR count). The fraction of sp³-hybridized carbons (Fsp3) is 0. The van der Waals surface area contributed by atoms with Gasteiger partial charge in [-0.25, -0.2) is 0 Å². The van der Waals surface area contributed by atoms with Crippen molar-refractivity contribution in [2.75, 3.05) is 0 Å². The fourth-order valence-electron chi connectivity index (χ4n) is 14.5. The zero-order chi connectivity index (χ0) is 55.2. The molecule has 0 bridgehead atoms. The Morgan fingerprint density at radius 1 is 0.188 bits per heavy atom. The molecule has 0 aliphatic carbocycles. The average molecular weight is 1090 g/mol. The Morgan fingerprint density at radius 3 is 0.918 bits per heavy atom. The summed E-state index contributed by atoms with van der Waals surface area (Å²) in [6.07, 6.45) is 0. The van der Waals surface area contributed by atoms with E-state index in [1.54, 1.807) is 0 Å². The van der Waals surface area contributed by atoms with E-state index in [0.717, 1.165) is 182 Å². The number of hydrogen-bond acceptors (Lipinski definition) is 4. The SMILES string of the molecule is c1ccc(-n2c3c(ccc4c3c3cc(-c5ccc6oc7ccccc7c6c5)ccc3n4-c3ccc4oc5ccccc5c4c3)c3ccc4c(c5cc(-c6ccc7oc8ccccc8c7c6)ccc5n4-c4ccc5oc6ccccc6c5c4)c32)cc1. The molecule has 0 aliphatic heterocycles. The highest BCUT2D eigenvalue weighted by atomic mass is 16.3. The molecular formula is C78H43N3O4. The van der Waals surface area contributed by atoms with Gasteiger partial charge in [0.2, 0.25) is 0 Å². The summed E-state index contributed by atoms with van der Waals surface area (Å²) in [7, 11) is 0. The fourth-order valence-corrected chi connectivity index (χ4v) is 14.5. The molecule has 85 heavy (non-hydrogen) atoms. The molecule has 0 atom stereocenters. The van der Waals surface area contributed by atoms with Gasteiger partial charge >= 0.3 is 0 Å². The van der Waals surface area contributed by atoms with Crippen LogP contribution < -0.4 is 0 Å². The summed E-state index contributed by atoms with van der Waals surface area (Å²) in [6, 6.07) is 94.2. The van der Waals surface area contributed by atoms with Crippen LogP contribution in [0.25, 0.3) is 192 Å². The number of fused-ring (bicyclic) bond motifs is 23. The minimum atomic E-state index is 0.863. The molecule has 394 valence electrons. The molecule has 7 nitrogen and oxygen atoms in total. The number of furan rings is 4. The van der Waals surface area contributed by atoms with Crippen LogP contribution in [0.15, 0.2) is 279 Å². The average Bonchev–Trinajstić information content (AvgIpc) is 1.77. The smallest absolute Gasteiger partial charge is 0.135 e. The largest absolute Gasteiger partial charge is 0.456 e. The first-order chi connectivity index (χ1) is 42.1. The molecule has 0 saturated carbocycles. The molecule has 0 spiro atoms. The molecule has 13 aromatic carbocycles. The zero-order valence-corrected chi connectivity index (χ0v) is 45.3. The Hall–Kier alpha value is -11.5. The molecule has 0 fully saturated rings. The van der Waals surface area contributed by atoms with Crippen molar-refractivity contribution in [3.8, 4) is 39.3 Å². The Kier molecular flexibility index (Phi) is 8.79. The molecular weight excluding hydrogens is 1040 g/mol. The number of rotatable bonds is 5. The van der Waals surface area contributed by atoms with E-state index in [-0.39, 0.29) is 0 Å². The molecule has 20 aromatic rings. The molecule has 0 aliphatic rings. The van der Waals surface area contributed by atoms with Gasteiger partial charge in [-0.1, -0.05) is 127 Å². The van der Waals surface area contributed by atoms with Gasteiger partial charge in [0.1, 0.15) is 44.7 Å². The highest BCUT2D eigenvalue weighted by Gasteiger charge is 2.27. The summed E-state index contributed by atoms with van der Waals surface area (Å²) in [6.45, 7) is 0. The predicted molar refractivity (Wildman–Crippen MR) is 349 cm³/mol. The Bertz CT molecular complexity index is 5930. The lowest BCUT2D eigenvalue weighted by molar-refractivity contribution is 0.668. The van der Waals surface area contributed by atoms with Crippen molar-refractivity contribution in [3.05, 3.63) is 261 Å². The number of aromatic nitrogens is 3. The molecule has 7 heteroatoms. The monoisotopic (exact) mass is 1090 g/mol. The Balaban J connectivity index is 0.926. The zero-order valence-electron chi connectivity index (χ0n) is 45.3. The number of hydrogen-bond donors (Lipinski definition) is 0. The lowest BCUT2D eigenvalue weighted by atomic mass is 9.99. The highest BCUT2D eigenvalue weighted by Crippen LogP contribution is 2.49. The predicted octanol–water partition coefficient (Wildman–Crippen LogP) is 21.9. The van der Waals surface area contributed by atoms with E-state index >= 15 is 0 Å². The maximum atomic E-state index is 6.43. The van der Waals surface area contributed by atoms with Crippen molar-refractivity contribution in [1.29, 1.82) is 0 Å². The van der Waals surface area contributed by atoms with Gasteiger partial charge in [0.15, 0.2) is 0 Å². The first-order valence-corrected chi connectivity index (χ1v) is 28.9. The molecule has 0 saturated heterocycles. The second kappa shape index (κ2) is 16.6. The molecule has 7 aromatic heterocycles. The van der Waals surface area contributed by atoms with Gasteiger partial charge in [-0.05, 0) is 156 Å². The second-order valence-corrected chi connectivity index (χ2v) is 22.7. The minimum Gasteiger partial charge on any atom is -0.456 e. The van der Waals surface area contributed by atoms with Gasteiger partial charge in [-0.2, -0.15) is 0 Å². The third-order valence-corrected chi connectivity index (χ3v) is 18.2. The first kappa shape index (κ1) is 45.1. The van der Waals surface area contributed by atoms with Crippen LogP contribution in [0.4, 0.5) is 0 Å². The van der Waals surface area contributed by atoms with E-state index < -0.39 is 0 Å². The summed E-state index contributed by atoms with van der Waals surface area (Å²) < 4.78 is 33.1. The lowest BCUT2D eigenvalue weighted by Gasteiger charge is -2.11. The maximum absolute atomic E-state index is 6.43. The second-order valence-electron chi connectivity index (χ2n) is 22.7. The molecule has 0 amide bonds.